The number of carbonyl (C=O) groups is 3. The van der Waals surface area contributed by atoms with Crippen molar-refractivity contribution in [1.82, 2.24) is 4.90 Å². The molecule has 0 aromatic heterocycles. The number of esters is 2. The zero-order valence-corrected chi connectivity index (χ0v) is 19.6. The highest BCUT2D eigenvalue weighted by Crippen LogP contribution is 2.16. The monoisotopic (exact) mass is 489 g/mol. The number of benzene rings is 2. The Morgan fingerprint density at radius 3 is 2.06 bits per heavy atom. The van der Waals surface area contributed by atoms with Crippen LogP contribution in [-0.2, 0) is 37.1 Å². The highest BCUT2D eigenvalue weighted by atomic mass is 79.9. The summed E-state index contributed by atoms with van der Waals surface area (Å²) in [6, 6.07) is 16.0. The Kier molecular flexibility index (Phi) is 9.72. The molecule has 0 saturated heterocycles. The van der Waals surface area contributed by atoms with E-state index >= 15 is 0 Å². The van der Waals surface area contributed by atoms with Gasteiger partial charge in [0.25, 0.3) is 0 Å². The summed E-state index contributed by atoms with van der Waals surface area (Å²) in [5.74, 6) is -1.78. The van der Waals surface area contributed by atoms with Crippen LogP contribution >= 0.6 is 15.9 Å². The van der Waals surface area contributed by atoms with E-state index in [2.05, 4.69) is 15.9 Å². The van der Waals surface area contributed by atoms with E-state index in [0.29, 0.717) is 0 Å². The van der Waals surface area contributed by atoms with Gasteiger partial charge in [-0.2, -0.15) is 0 Å². The number of nitrogens with zero attached hydrogens (tertiary/aromatic N) is 1. The van der Waals surface area contributed by atoms with Gasteiger partial charge < -0.3 is 14.4 Å². The van der Waals surface area contributed by atoms with Gasteiger partial charge in [-0.3, -0.25) is 9.59 Å². The van der Waals surface area contributed by atoms with Crippen LogP contribution in [0.25, 0.3) is 0 Å². The summed E-state index contributed by atoms with van der Waals surface area (Å²) in [7, 11) is 0. The molecule has 1 amide bonds. The molecule has 0 saturated carbocycles. The van der Waals surface area contributed by atoms with E-state index in [0.717, 1.165) is 16.7 Å². The maximum Gasteiger partial charge on any atom is 0.329 e. The minimum Gasteiger partial charge on any atom is -0.459 e. The van der Waals surface area contributed by atoms with E-state index in [1.165, 1.54) is 4.90 Å². The number of hydrogen-bond acceptors (Lipinski definition) is 5. The quantitative estimate of drug-likeness (QED) is 0.372. The van der Waals surface area contributed by atoms with Crippen molar-refractivity contribution in [3.05, 3.63) is 71.3 Å². The Morgan fingerprint density at radius 1 is 0.903 bits per heavy atom. The predicted octanol–water partition coefficient (Wildman–Crippen LogP) is 4.03. The third-order valence-electron chi connectivity index (χ3n) is 4.69. The molecule has 166 valence electrons. The average molecular weight is 490 g/mol. The summed E-state index contributed by atoms with van der Waals surface area (Å²) in [6.45, 7) is 5.45. The van der Waals surface area contributed by atoms with E-state index in [1.54, 1.807) is 13.8 Å². The summed E-state index contributed by atoms with van der Waals surface area (Å²) in [5, 5.41) is -0.0204. The van der Waals surface area contributed by atoms with Crippen molar-refractivity contribution >= 4 is 33.8 Å². The lowest BCUT2D eigenvalue weighted by Crippen LogP contribution is -2.51. The fraction of sp³-hybridized carbons (Fsp3) is 0.375. The van der Waals surface area contributed by atoms with Crippen LogP contribution in [0.2, 0.25) is 0 Å². The molecule has 0 aliphatic rings. The molecular formula is C24H28BrNO5. The molecule has 0 unspecified atom stereocenters. The first-order valence-electron chi connectivity index (χ1n) is 10.1. The topological polar surface area (TPSA) is 72.9 Å². The van der Waals surface area contributed by atoms with Crippen molar-refractivity contribution in [2.45, 2.75) is 40.0 Å². The average Bonchev–Trinajstić information content (AvgIpc) is 2.76. The van der Waals surface area contributed by atoms with Crippen LogP contribution in [0.15, 0.2) is 54.6 Å². The minimum atomic E-state index is -0.902. The largest absolute Gasteiger partial charge is 0.459 e. The first-order valence-corrected chi connectivity index (χ1v) is 11.2. The van der Waals surface area contributed by atoms with Crippen LogP contribution in [0.3, 0.4) is 0 Å². The molecule has 1 atom stereocenters. The number of halogens is 1. The number of amides is 1. The molecule has 2 aromatic rings. The number of carbonyl (C=O) groups excluding carboxylic acids is 3. The molecule has 31 heavy (non-hydrogen) atoms. The number of hydrogen-bond donors (Lipinski definition) is 0. The van der Waals surface area contributed by atoms with Gasteiger partial charge in [0.15, 0.2) is 0 Å². The summed E-state index contributed by atoms with van der Waals surface area (Å²) in [6.07, 6.45) is 0. The van der Waals surface area contributed by atoms with Crippen LogP contribution < -0.4 is 0 Å². The van der Waals surface area contributed by atoms with E-state index in [9.17, 15) is 14.4 Å². The molecule has 0 heterocycles. The van der Waals surface area contributed by atoms with Gasteiger partial charge in [0.1, 0.15) is 25.8 Å². The predicted molar refractivity (Wildman–Crippen MR) is 121 cm³/mol. The zero-order valence-electron chi connectivity index (χ0n) is 18.0. The van der Waals surface area contributed by atoms with Gasteiger partial charge in [-0.15, -0.1) is 0 Å². The second-order valence-corrected chi connectivity index (χ2v) is 8.14. The van der Waals surface area contributed by atoms with Gasteiger partial charge in [0.2, 0.25) is 5.91 Å². The Labute approximate surface area is 191 Å². The Morgan fingerprint density at radius 2 is 1.48 bits per heavy atom. The molecule has 2 aromatic carbocycles. The highest BCUT2D eigenvalue weighted by molar-refractivity contribution is 9.09. The summed E-state index contributed by atoms with van der Waals surface area (Å²) in [5.41, 5.74) is 2.80. The number of alkyl halides is 1. The number of rotatable bonds is 10. The molecule has 2 rings (SSSR count). The third-order valence-corrected chi connectivity index (χ3v) is 5.17. The normalized spacial score (nSPS) is 11.6. The molecule has 0 aliphatic heterocycles. The second kappa shape index (κ2) is 12.2. The fourth-order valence-electron chi connectivity index (χ4n) is 3.02. The first-order chi connectivity index (χ1) is 14.8. The van der Waals surface area contributed by atoms with Gasteiger partial charge in [0, 0.05) is 0 Å². The van der Waals surface area contributed by atoms with Crippen LogP contribution in [-0.4, -0.2) is 40.7 Å². The van der Waals surface area contributed by atoms with E-state index in [-0.39, 0.29) is 36.9 Å². The van der Waals surface area contributed by atoms with Crippen molar-refractivity contribution in [2.75, 3.05) is 11.9 Å². The summed E-state index contributed by atoms with van der Waals surface area (Å²) >= 11 is 3.13. The van der Waals surface area contributed by atoms with Gasteiger partial charge in [-0.1, -0.05) is 89.9 Å². The number of ether oxygens (including phenoxy) is 2. The molecule has 0 aliphatic carbocycles. The molecule has 0 radical (unpaired) electrons. The smallest absolute Gasteiger partial charge is 0.329 e. The van der Waals surface area contributed by atoms with Gasteiger partial charge >= 0.3 is 11.9 Å². The maximum absolute atomic E-state index is 12.8. The van der Waals surface area contributed by atoms with Crippen molar-refractivity contribution in [1.29, 1.82) is 0 Å². The Balaban J connectivity index is 2.05. The highest BCUT2D eigenvalue weighted by Gasteiger charge is 2.35. The Bertz CT molecular complexity index is 867. The standard InChI is InChI=1S/C24H28BrNO5/c1-17(2)23(24(29)31-16-19-7-5-4-6-8-19)26(21(27)13-25)14-22(28)30-15-20-11-9-18(3)10-12-20/h4-12,17,23H,13-16H2,1-3H3/t23-/m0/s1. The second-order valence-electron chi connectivity index (χ2n) is 7.58. The van der Waals surface area contributed by atoms with Crippen LogP contribution in [0, 0.1) is 12.8 Å². The molecule has 6 nitrogen and oxygen atoms in total. The molecule has 7 heteroatoms. The van der Waals surface area contributed by atoms with Crippen molar-refractivity contribution in [3.8, 4) is 0 Å². The van der Waals surface area contributed by atoms with Gasteiger partial charge in [0.05, 0.1) is 5.33 Å². The third kappa shape index (κ3) is 7.83. The number of aryl methyl sites for hydroxylation is 1. The molecular weight excluding hydrogens is 462 g/mol. The SMILES string of the molecule is Cc1ccc(COC(=O)CN(C(=O)CBr)[C@H](C(=O)OCc2ccccc2)C(C)C)cc1. The van der Waals surface area contributed by atoms with Crippen LogP contribution in [0.5, 0.6) is 0 Å². The summed E-state index contributed by atoms with van der Waals surface area (Å²) < 4.78 is 10.8. The lowest BCUT2D eigenvalue weighted by atomic mass is 10.0. The van der Waals surface area contributed by atoms with Gasteiger partial charge in [-0.05, 0) is 24.0 Å². The summed E-state index contributed by atoms with van der Waals surface area (Å²) in [4.78, 5) is 39.1. The zero-order chi connectivity index (χ0) is 22.8. The van der Waals surface area contributed by atoms with Crippen LogP contribution in [0.4, 0.5) is 0 Å². The fourth-order valence-corrected chi connectivity index (χ4v) is 3.35. The lowest BCUT2D eigenvalue weighted by molar-refractivity contribution is -0.161. The van der Waals surface area contributed by atoms with E-state index < -0.39 is 18.0 Å². The van der Waals surface area contributed by atoms with Crippen molar-refractivity contribution in [2.24, 2.45) is 5.92 Å². The van der Waals surface area contributed by atoms with E-state index in [1.807, 2.05) is 61.5 Å². The lowest BCUT2D eigenvalue weighted by Gasteiger charge is -2.31. The molecule has 0 N–H and O–H groups in total. The van der Waals surface area contributed by atoms with E-state index in [4.69, 9.17) is 9.47 Å². The molecule has 0 spiro atoms. The van der Waals surface area contributed by atoms with Crippen LogP contribution in [0.1, 0.15) is 30.5 Å². The van der Waals surface area contributed by atoms with Gasteiger partial charge in [-0.25, -0.2) is 4.79 Å². The Hall–Kier alpha value is -2.67. The molecule has 0 fully saturated rings. The first kappa shape index (κ1) is 24.6. The maximum atomic E-state index is 12.8. The van der Waals surface area contributed by atoms with Crippen molar-refractivity contribution < 1.29 is 23.9 Å². The molecule has 0 bridgehead atoms. The minimum absolute atomic E-state index is 0.0204. The van der Waals surface area contributed by atoms with Crippen molar-refractivity contribution in [3.63, 3.8) is 0 Å².